The molecule has 2 fully saturated rings. The summed E-state index contributed by atoms with van der Waals surface area (Å²) in [7, 11) is 2.17. The standard InChI is InChI=1S/C46H61N9O5/c1-7-55(6)38-23-21-37(22-24-38)48-43(57)35-18-25-39(29(2)26-35)32-12-8-30(9-13-32)27-40(44(58)49-36-19-16-33(17-20-36)41-51-53-54-52-41)50-42(56)34-14-10-31(11-15-34)28-47-45(59)60-46(3,4)5/h8-9,12-13,16-20,25-26,31,34,37-38,40H,7,10-11,14-15,21-24,27-28H2,1-6H3,(H,47,59)(H,48,57)(H,49,58)(H,50,56)(H,51,52,53,54)/t31?,34?,37?,38?,40-/m0/s1. The van der Waals surface area contributed by atoms with Gasteiger partial charge in [-0.15, -0.1) is 10.2 Å². The Balaban J connectivity index is 1.08. The molecule has 60 heavy (non-hydrogen) atoms. The average molecular weight is 820 g/mol. The van der Waals surface area contributed by atoms with E-state index in [-0.39, 0.29) is 42.0 Å². The topological polar surface area (TPSA) is 183 Å². The molecule has 0 bridgehead atoms. The summed E-state index contributed by atoms with van der Waals surface area (Å²) in [6.45, 7) is 11.2. The Kier molecular flexibility index (Phi) is 14.7. The smallest absolute Gasteiger partial charge is 0.407 e. The van der Waals surface area contributed by atoms with E-state index in [1.54, 1.807) is 24.3 Å². The van der Waals surface area contributed by atoms with E-state index in [9.17, 15) is 19.2 Å². The lowest BCUT2D eigenvalue weighted by molar-refractivity contribution is -0.130. The van der Waals surface area contributed by atoms with Crippen molar-refractivity contribution in [2.75, 3.05) is 25.5 Å². The second-order valence-electron chi connectivity index (χ2n) is 17.4. The highest BCUT2D eigenvalue weighted by atomic mass is 16.6. The summed E-state index contributed by atoms with van der Waals surface area (Å²) in [4.78, 5) is 55.4. The zero-order valence-electron chi connectivity index (χ0n) is 35.8. The van der Waals surface area contributed by atoms with Gasteiger partial charge in [0.05, 0.1) is 0 Å². The molecule has 3 aromatic carbocycles. The van der Waals surface area contributed by atoms with Crippen LogP contribution in [-0.2, 0) is 20.7 Å². The first-order valence-corrected chi connectivity index (χ1v) is 21.4. The summed E-state index contributed by atoms with van der Waals surface area (Å²) >= 11 is 0. The van der Waals surface area contributed by atoms with Gasteiger partial charge in [0.25, 0.3) is 5.91 Å². The number of H-pyrrole nitrogens is 1. The van der Waals surface area contributed by atoms with Crippen molar-refractivity contribution in [2.45, 2.75) is 116 Å². The SMILES string of the molecule is CCN(C)C1CCC(NC(=O)c2ccc(-c3ccc(C[C@H](NC(=O)C4CCC(CNC(=O)OC(C)(C)C)CC4)C(=O)Nc4ccc(-c5nn[nH]n5)cc4)cc3)c(C)c2)CC1. The van der Waals surface area contributed by atoms with Crippen LogP contribution in [0.15, 0.2) is 66.7 Å². The average Bonchev–Trinajstić information content (AvgIpc) is 3.78. The number of hydrogen-bond acceptors (Lipinski definition) is 9. The number of ether oxygens (including phenoxy) is 1. The summed E-state index contributed by atoms with van der Waals surface area (Å²) in [5, 5.41) is 26.3. The monoisotopic (exact) mass is 819 g/mol. The van der Waals surface area contributed by atoms with Crippen molar-refractivity contribution < 1.29 is 23.9 Å². The summed E-state index contributed by atoms with van der Waals surface area (Å²) < 4.78 is 5.37. The molecule has 1 aromatic heterocycles. The van der Waals surface area contributed by atoms with Gasteiger partial charge in [-0.05, 0) is 162 Å². The van der Waals surface area contributed by atoms with Crippen molar-refractivity contribution in [3.8, 4) is 22.5 Å². The van der Waals surface area contributed by atoms with Gasteiger partial charge < -0.3 is 30.9 Å². The number of hydrogen-bond donors (Lipinski definition) is 5. The molecule has 0 spiro atoms. The number of amides is 4. The number of alkyl carbamates (subject to hydrolysis) is 1. The molecular formula is C46H61N9O5. The number of nitrogens with one attached hydrogen (secondary N) is 5. The first kappa shape index (κ1) is 43.9. The van der Waals surface area contributed by atoms with Gasteiger partial charge in [0.1, 0.15) is 11.6 Å². The fourth-order valence-electron chi connectivity index (χ4n) is 8.26. The zero-order chi connectivity index (χ0) is 42.8. The number of aromatic nitrogens is 4. The van der Waals surface area contributed by atoms with Crippen molar-refractivity contribution in [3.63, 3.8) is 0 Å². The van der Waals surface area contributed by atoms with E-state index in [1.165, 1.54) is 0 Å². The fraction of sp³-hybridized carbons (Fsp3) is 0.500. The molecule has 2 aliphatic rings. The minimum Gasteiger partial charge on any atom is -0.444 e. The fourth-order valence-corrected chi connectivity index (χ4v) is 8.26. The Morgan fingerprint density at radius 1 is 0.883 bits per heavy atom. The van der Waals surface area contributed by atoms with Gasteiger partial charge in [0, 0.05) is 47.8 Å². The van der Waals surface area contributed by atoms with Crippen LogP contribution >= 0.6 is 0 Å². The number of aromatic amines is 1. The first-order chi connectivity index (χ1) is 28.7. The van der Waals surface area contributed by atoms with Crippen LogP contribution in [0.25, 0.3) is 22.5 Å². The lowest BCUT2D eigenvalue weighted by atomic mass is 9.81. The molecule has 4 aromatic rings. The quantitative estimate of drug-likeness (QED) is 0.0911. The molecule has 320 valence electrons. The maximum absolute atomic E-state index is 13.9. The Morgan fingerprint density at radius 3 is 2.18 bits per heavy atom. The van der Waals surface area contributed by atoms with Crippen molar-refractivity contribution in [1.29, 1.82) is 0 Å². The van der Waals surface area contributed by atoms with Crippen LogP contribution in [0.4, 0.5) is 10.5 Å². The number of rotatable bonds is 14. The predicted octanol–water partition coefficient (Wildman–Crippen LogP) is 6.83. The third kappa shape index (κ3) is 12.2. The summed E-state index contributed by atoms with van der Waals surface area (Å²) in [6, 6.07) is 20.9. The highest BCUT2D eigenvalue weighted by molar-refractivity contribution is 5.98. The molecule has 14 nitrogen and oxygen atoms in total. The van der Waals surface area contributed by atoms with Crippen LogP contribution in [-0.4, -0.2) is 93.2 Å². The molecule has 4 amide bonds. The Hall–Kier alpha value is -5.63. The van der Waals surface area contributed by atoms with Crippen molar-refractivity contribution in [3.05, 3.63) is 83.4 Å². The van der Waals surface area contributed by atoms with Crippen LogP contribution in [0.5, 0.6) is 0 Å². The largest absolute Gasteiger partial charge is 0.444 e. The molecule has 2 saturated carbocycles. The lowest BCUT2D eigenvalue weighted by Gasteiger charge is -2.34. The number of tetrazole rings is 1. The van der Waals surface area contributed by atoms with E-state index in [2.05, 4.69) is 60.8 Å². The van der Waals surface area contributed by atoms with E-state index >= 15 is 0 Å². The molecule has 14 heteroatoms. The van der Waals surface area contributed by atoms with Crippen LogP contribution in [0.3, 0.4) is 0 Å². The number of benzene rings is 3. The van der Waals surface area contributed by atoms with E-state index in [1.807, 2.05) is 70.2 Å². The molecule has 0 saturated heterocycles. The molecular weight excluding hydrogens is 759 g/mol. The van der Waals surface area contributed by atoms with E-state index < -0.39 is 17.7 Å². The van der Waals surface area contributed by atoms with Crippen molar-refractivity contribution >= 4 is 29.5 Å². The maximum Gasteiger partial charge on any atom is 0.407 e. The third-order valence-electron chi connectivity index (χ3n) is 11.9. The molecule has 1 atom stereocenters. The molecule has 0 unspecified atom stereocenters. The van der Waals surface area contributed by atoms with E-state index in [0.29, 0.717) is 42.5 Å². The van der Waals surface area contributed by atoms with Gasteiger partial charge in [-0.25, -0.2) is 4.79 Å². The Morgan fingerprint density at radius 2 is 1.57 bits per heavy atom. The Labute approximate surface area is 353 Å². The summed E-state index contributed by atoms with van der Waals surface area (Å²) in [6.07, 6.45) is 6.88. The number of nitrogens with zero attached hydrogens (tertiary/aromatic N) is 4. The number of anilines is 1. The van der Waals surface area contributed by atoms with Gasteiger partial charge in [-0.2, -0.15) is 5.21 Å². The van der Waals surface area contributed by atoms with Crippen LogP contribution in [0.1, 0.15) is 101 Å². The molecule has 1 heterocycles. The molecule has 6 rings (SSSR count). The van der Waals surface area contributed by atoms with E-state index in [4.69, 9.17) is 4.74 Å². The highest BCUT2D eigenvalue weighted by Crippen LogP contribution is 2.30. The molecule has 0 aliphatic heterocycles. The predicted molar refractivity (Wildman–Crippen MR) is 232 cm³/mol. The van der Waals surface area contributed by atoms with Crippen LogP contribution < -0.4 is 21.3 Å². The normalized spacial score (nSPS) is 19.9. The van der Waals surface area contributed by atoms with Gasteiger partial charge in [-0.1, -0.05) is 37.3 Å². The number of carbonyl (C=O) groups excluding carboxylic acids is 4. The van der Waals surface area contributed by atoms with Gasteiger partial charge in [-0.3, -0.25) is 14.4 Å². The van der Waals surface area contributed by atoms with Gasteiger partial charge >= 0.3 is 6.09 Å². The molecule has 5 N–H and O–H groups in total. The highest BCUT2D eigenvalue weighted by Gasteiger charge is 2.31. The molecule has 0 radical (unpaired) electrons. The number of aryl methyl sites for hydroxylation is 1. The second-order valence-corrected chi connectivity index (χ2v) is 17.4. The van der Waals surface area contributed by atoms with E-state index in [0.717, 1.165) is 72.9 Å². The maximum atomic E-state index is 13.9. The van der Waals surface area contributed by atoms with Crippen LogP contribution in [0.2, 0.25) is 0 Å². The minimum absolute atomic E-state index is 0.0372. The zero-order valence-corrected chi connectivity index (χ0v) is 35.8. The minimum atomic E-state index is -0.839. The van der Waals surface area contributed by atoms with Gasteiger partial charge in [0.2, 0.25) is 17.6 Å². The summed E-state index contributed by atoms with van der Waals surface area (Å²) in [5.41, 5.74) is 5.28. The second kappa shape index (κ2) is 20.1. The third-order valence-corrected chi connectivity index (χ3v) is 11.9. The Bertz CT molecular complexity index is 2050. The van der Waals surface area contributed by atoms with Crippen molar-refractivity contribution in [1.82, 2.24) is 41.5 Å². The first-order valence-electron chi connectivity index (χ1n) is 21.4. The van der Waals surface area contributed by atoms with Gasteiger partial charge in [0.15, 0.2) is 0 Å². The van der Waals surface area contributed by atoms with Crippen molar-refractivity contribution in [2.24, 2.45) is 11.8 Å². The molecule has 2 aliphatic carbocycles. The lowest BCUT2D eigenvalue weighted by Crippen LogP contribution is -2.48. The summed E-state index contributed by atoms with van der Waals surface area (Å²) in [5.74, 6) is -0.0860. The number of carbonyl (C=O) groups is 4. The van der Waals surface area contributed by atoms with Crippen LogP contribution in [0, 0.1) is 18.8 Å².